The molecule has 0 radical (unpaired) electrons. The zero-order chi connectivity index (χ0) is 13.7. The van der Waals surface area contributed by atoms with E-state index in [2.05, 4.69) is 13.0 Å². The second-order valence-corrected chi connectivity index (χ2v) is 4.88. The lowest BCUT2D eigenvalue weighted by molar-refractivity contribution is -0.142. The first-order valence-corrected chi connectivity index (χ1v) is 6.89. The summed E-state index contributed by atoms with van der Waals surface area (Å²) in [6, 6.07) is 7.72. The van der Waals surface area contributed by atoms with Crippen molar-refractivity contribution in [1.29, 1.82) is 0 Å². The van der Waals surface area contributed by atoms with Crippen molar-refractivity contribution in [1.82, 2.24) is 4.90 Å². The van der Waals surface area contributed by atoms with Gasteiger partial charge in [0.1, 0.15) is 18.4 Å². The second-order valence-electron chi connectivity index (χ2n) is 4.88. The Morgan fingerprint density at radius 1 is 1.53 bits per heavy atom. The van der Waals surface area contributed by atoms with E-state index in [1.165, 1.54) is 5.56 Å². The molecule has 0 unspecified atom stereocenters. The van der Waals surface area contributed by atoms with Crippen LogP contribution >= 0.6 is 0 Å². The maximum Gasteiger partial charge on any atom is 0.320 e. The molecule has 1 aliphatic rings. The van der Waals surface area contributed by atoms with E-state index in [0.29, 0.717) is 13.2 Å². The molecule has 1 aromatic rings. The topological polar surface area (TPSA) is 49.8 Å². The molecule has 1 atom stereocenters. The van der Waals surface area contributed by atoms with Crippen molar-refractivity contribution < 1.29 is 14.6 Å². The van der Waals surface area contributed by atoms with Gasteiger partial charge in [0, 0.05) is 6.54 Å². The Balaban J connectivity index is 1.81. The molecule has 0 amide bonds. The molecule has 1 heterocycles. The van der Waals surface area contributed by atoms with Crippen LogP contribution in [0.5, 0.6) is 5.75 Å². The summed E-state index contributed by atoms with van der Waals surface area (Å²) in [6.45, 7) is 4.18. The fourth-order valence-electron chi connectivity index (χ4n) is 2.51. The van der Waals surface area contributed by atoms with Gasteiger partial charge >= 0.3 is 5.97 Å². The van der Waals surface area contributed by atoms with E-state index in [1.54, 1.807) is 0 Å². The maximum absolute atomic E-state index is 11.0. The third kappa shape index (κ3) is 3.70. The highest BCUT2D eigenvalue weighted by atomic mass is 16.5. The first-order chi connectivity index (χ1) is 9.20. The SMILES string of the molecule is CCc1cccc(OCCN2CCC[C@@H]2C(=O)O)c1. The van der Waals surface area contributed by atoms with Crippen LogP contribution in [0.1, 0.15) is 25.3 Å². The monoisotopic (exact) mass is 263 g/mol. The van der Waals surface area contributed by atoms with Crippen molar-refractivity contribution in [3.8, 4) is 5.75 Å². The van der Waals surface area contributed by atoms with Crippen molar-refractivity contribution >= 4 is 5.97 Å². The summed E-state index contributed by atoms with van der Waals surface area (Å²) in [5.41, 5.74) is 1.25. The van der Waals surface area contributed by atoms with Gasteiger partial charge in [0.2, 0.25) is 0 Å². The molecular formula is C15H21NO3. The molecule has 1 aromatic carbocycles. The zero-order valence-electron chi connectivity index (χ0n) is 11.3. The summed E-state index contributed by atoms with van der Waals surface area (Å²) in [7, 11) is 0. The van der Waals surface area contributed by atoms with Gasteiger partial charge in [-0.1, -0.05) is 19.1 Å². The van der Waals surface area contributed by atoms with Crippen LogP contribution in [0.15, 0.2) is 24.3 Å². The summed E-state index contributed by atoms with van der Waals surface area (Å²) in [5.74, 6) is 0.149. The number of carboxylic acids is 1. The van der Waals surface area contributed by atoms with Gasteiger partial charge < -0.3 is 9.84 Å². The van der Waals surface area contributed by atoms with Gasteiger partial charge in [0.05, 0.1) is 0 Å². The quantitative estimate of drug-likeness (QED) is 0.854. The van der Waals surface area contributed by atoms with Gasteiger partial charge in [0.25, 0.3) is 0 Å². The second kappa shape index (κ2) is 6.57. The lowest BCUT2D eigenvalue weighted by atomic mass is 10.2. The molecule has 0 saturated carbocycles. The zero-order valence-corrected chi connectivity index (χ0v) is 11.3. The van der Waals surface area contributed by atoms with Crippen molar-refractivity contribution in [2.24, 2.45) is 0 Å². The van der Waals surface area contributed by atoms with Crippen LogP contribution in [0.2, 0.25) is 0 Å². The number of likely N-dealkylation sites (tertiary alicyclic amines) is 1. The van der Waals surface area contributed by atoms with Crippen molar-refractivity contribution in [3.05, 3.63) is 29.8 Å². The Kier molecular flexibility index (Phi) is 4.80. The number of benzene rings is 1. The Labute approximate surface area is 114 Å². The fraction of sp³-hybridized carbons (Fsp3) is 0.533. The lowest BCUT2D eigenvalue weighted by Crippen LogP contribution is -2.38. The highest BCUT2D eigenvalue weighted by Gasteiger charge is 2.29. The maximum atomic E-state index is 11.0. The van der Waals surface area contributed by atoms with Gasteiger partial charge in [-0.15, -0.1) is 0 Å². The smallest absolute Gasteiger partial charge is 0.320 e. The van der Waals surface area contributed by atoms with Crippen LogP contribution in [0.4, 0.5) is 0 Å². The number of ether oxygens (including phenoxy) is 1. The molecule has 1 aliphatic heterocycles. The predicted molar refractivity (Wildman–Crippen MR) is 73.5 cm³/mol. The third-order valence-electron chi connectivity index (χ3n) is 3.60. The minimum absolute atomic E-state index is 0.328. The molecule has 0 spiro atoms. The molecule has 104 valence electrons. The average Bonchev–Trinajstić information content (AvgIpc) is 2.87. The number of aliphatic carboxylic acids is 1. The molecule has 1 N–H and O–H groups in total. The van der Waals surface area contributed by atoms with Crippen LogP contribution in [0.25, 0.3) is 0 Å². The van der Waals surface area contributed by atoms with Crippen molar-refractivity contribution in [2.45, 2.75) is 32.2 Å². The largest absolute Gasteiger partial charge is 0.492 e. The van der Waals surface area contributed by atoms with Gasteiger partial charge in [-0.05, 0) is 43.5 Å². The first kappa shape index (κ1) is 13.9. The number of carboxylic acid groups (broad SMARTS) is 1. The fourth-order valence-corrected chi connectivity index (χ4v) is 2.51. The Morgan fingerprint density at radius 3 is 3.11 bits per heavy atom. The standard InChI is InChI=1S/C15H21NO3/c1-2-12-5-3-6-13(11-12)19-10-9-16-8-4-7-14(16)15(17)18/h3,5-6,11,14H,2,4,7-10H2,1H3,(H,17,18)/t14-/m1/s1. The minimum Gasteiger partial charge on any atom is -0.492 e. The van der Waals surface area contributed by atoms with Crippen LogP contribution in [-0.4, -0.2) is 41.7 Å². The van der Waals surface area contributed by atoms with Gasteiger partial charge in [0.15, 0.2) is 0 Å². The minimum atomic E-state index is -0.717. The van der Waals surface area contributed by atoms with Crippen molar-refractivity contribution in [2.75, 3.05) is 19.7 Å². The van der Waals surface area contributed by atoms with E-state index in [4.69, 9.17) is 9.84 Å². The number of carbonyl (C=O) groups is 1. The Bertz CT molecular complexity index is 433. The summed E-state index contributed by atoms with van der Waals surface area (Å²) in [5, 5.41) is 9.09. The van der Waals surface area contributed by atoms with E-state index >= 15 is 0 Å². The molecule has 0 aliphatic carbocycles. The average molecular weight is 263 g/mol. The summed E-state index contributed by atoms with van der Waals surface area (Å²) in [6.07, 6.45) is 2.70. The molecule has 1 fully saturated rings. The molecular weight excluding hydrogens is 242 g/mol. The van der Waals surface area contributed by atoms with Crippen molar-refractivity contribution in [3.63, 3.8) is 0 Å². The van der Waals surface area contributed by atoms with Gasteiger partial charge in [-0.3, -0.25) is 9.69 Å². The summed E-state index contributed by atoms with van der Waals surface area (Å²) in [4.78, 5) is 13.0. The van der Waals surface area contributed by atoms with E-state index in [1.807, 2.05) is 23.1 Å². The van der Waals surface area contributed by atoms with E-state index < -0.39 is 5.97 Å². The number of nitrogens with zero attached hydrogens (tertiary/aromatic N) is 1. The third-order valence-corrected chi connectivity index (χ3v) is 3.60. The first-order valence-electron chi connectivity index (χ1n) is 6.89. The predicted octanol–water partition coefficient (Wildman–Crippen LogP) is 2.18. The molecule has 2 rings (SSSR count). The Morgan fingerprint density at radius 2 is 2.37 bits per heavy atom. The normalized spacial score (nSPS) is 19.5. The molecule has 0 aromatic heterocycles. The lowest BCUT2D eigenvalue weighted by Gasteiger charge is -2.20. The van der Waals surface area contributed by atoms with Gasteiger partial charge in [-0.2, -0.15) is 0 Å². The molecule has 4 heteroatoms. The van der Waals surface area contributed by atoms with E-state index in [0.717, 1.165) is 31.6 Å². The van der Waals surface area contributed by atoms with Crippen LogP contribution < -0.4 is 4.74 Å². The highest BCUT2D eigenvalue weighted by Crippen LogP contribution is 2.18. The van der Waals surface area contributed by atoms with E-state index in [9.17, 15) is 4.79 Å². The number of rotatable bonds is 6. The molecule has 4 nitrogen and oxygen atoms in total. The molecule has 19 heavy (non-hydrogen) atoms. The highest BCUT2D eigenvalue weighted by molar-refractivity contribution is 5.73. The summed E-state index contributed by atoms with van der Waals surface area (Å²) >= 11 is 0. The van der Waals surface area contributed by atoms with Crippen LogP contribution in [0.3, 0.4) is 0 Å². The van der Waals surface area contributed by atoms with Crippen LogP contribution in [0, 0.1) is 0 Å². The Hall–Kier alpha value is -1.55. The van der Waals surface area contributed by atoms with Crippen LogP contribution in [-0.2, 0) is 11.2 Å². The molecule has 0 bridgehead atoms. The number of hydrogen-bond acceptors (Lipinski definition) is 3. The molecule has 1 saturated heterocycles. The van der Waals surface area contributed by atoms with Gasteiger partial charge in [-0.25, -0.2) is 0 Å². The van der Waals surface area contributed by atoms with E-state index in [-0.39, 0.29) is 6.04 Å². The number of aryl methyl sites for hydroxylation is 1. The summed E-state index contributed by atoms with van der Waals surface area (Å²) < 4.78 is 5.70. The number of hydrogen-bond donors (Lipinski definition) is 1.